The van der Waals surface area contributed by atoms with E-state index in [1.807, 2.05) is 25.2 Å². The van der Waals surface area contributed by atoms with Gasteiger partial charge in [0.05, 0.1) is 6.10 Å². The molecular formula is C12H18BrNO2. The number of aliphatic hydroxyl groups is 1. The van der Waals surface area contributed by atoms with Gasteiger partial charge in [-0.15, -0.1) is 0 Å². The van der Waals surface area contributed by atoms with Crippen molar-refractivity contribution in [3.05, 3.63) is 28.2 Å². The average molecular weight is 288 g/mol. The van der Waals surface area contributed by atoms with Crippen molar-refractivity contribution in [3.8, 4) is 5.75 Å². The summed E-state index contributed by atoms with van der Waals surface area (Å²) in [5, 5.41) is 12.4. The summed E-state index contributed by atoms with van der Waals surface area (Å²) >= 11 is 3.44. The van der Waals surface area contributed by atoms with E-state index in [2.05, 4.69) is 28.2 Å². The maximum atomic E-state index is 9.21. The molecule has 90 valence electrons. The van der Waals surface area contributed by atoms with Gasteiger partial charge in [-0.05, 0) is 39.1 Å². The fourth-order valence-electron chi connectivity index (χ4n) is 1.36. The largest absolute Gasteiger partial charge is 0.491 e. The zero-order valence-corrected chi connectivity index (χ0v) is 11.4. The highest BCUT2D eigenvalue weighted by atomic mass is 79.9. The topological polar surface area (TPSA) is 41.5 Å². The second-order valence-corrected chi connectivity index (χ2v) is 4.77. The van der Waals surface area contributed by atoms with Crippen LogP contribution in [-0.4, -0.2) is 24.9 Å². The number of ether oxygens (including phenoxy) is 1. The Hall–Kier alpha value is -0.580. The second kappa shape index (κ2) is 6.23. The zero-order chi connectivity index (χ0) is 12.1. The van der Waals surface area contributed by atoms with E-state index in [0.717, 1.165) is 15.8 Å². The Morgan fingerprint density at radius 2 is 2.12 bits per heavy atom. The van der Waals surface area contributed by atoms with Gasteiger partial charge >= 0.3 is 0 Å². The van der Waals surface area contributed by atoms with Gasteiger partial charge in [0, 0.05) is 16.1 Å². The van der Waals surface area contributed by atoms with Crippen LogP contribution in [-0.2, 0) is 0 Å². The van der Waals surface area contributed by atoms with Crippen molar-refractivity contribution in [2.75, 3.05) is 13.7 Å². The molecule has 2 N–H and O–H groups in total. The molecule has 0 spiro atoms. The van der Waals surface area contributed by atoms with E-state index in [1.54, 1.807) is 6.92 Å². The van der Waals surface area contributed by atoms with Gasteiger partial charge in [-0.3, -0.25) is 0 Å². The molecule has 3 nitrogen and oxygen atoms in total. The number of rotatable bonds is 5. The lowest BCUT2D eigenvalue weighted by Gasteiger charge is -2.17. The van der Waals surface area contributed by atoms with Gasteiger partial charge in [-0.2, -0.15) is 0 Å². The SMILES string of the molecule is CNC(C)c1cc(Br)ccc1OCC(C)O. The summed E-state index contributed by atoms with van der Waals surface area (Å²) < 4.78 is 6.59. The summed E-state index contributed by atoms with van der Waals surface area (Å²) in [6, 6.07) is 6.08. The van der Waals surface area contributed by atoms with E-state index in [-0.39, 0.29) is 6.04 Å². The third kappa shape index (κ3) is 3.77. The Morgan fingerprint density at radius 1 is 1.44 bits per heavy atom. The standard InChI is InChI=1S/C12H18BrNO2/c1-8(15)7-16-12-5-4-10(13)6-11(12)9(2)14-3/h4-6,8-9,14-15H,7H2,1-3H3. The van der Waals surface area contributed by atoms with Crippen molar-refractivity contribution in [2.45, 2.75) is 26.0 Å². The molecular weight excluding hydrogens is 270 g/mol. The van der Waals surface area contributed by atoms with E-state index in [9.17, 15) is 5.11 Å². The number of hydrogen-bond acceptors (Lipinski definition) is 3. The molecule has 0 heterocycles. The molecule has 2 atom stereocenters. The van der Waals surface area contributed by atoms with Crippen LogP contribution in [0.15, 0.2) is 22.7 Å². The van der Waals surface area contributed by atoms with Gasteiger partial charge in [0.2, 0.25) is 0 Å². The predicted octanol–water partition coefficient (Wildman–Crippen LogP) is 2.49. The van der Waals surface area contributed by atoms with Gasteiger partial charge in [-0.25, -0.2) is 0 Å². The van der Waals surface area contributed by atoms with Crippen LogP contribution in [0.25, 0.3) is 0 Å². The van der Waals surface area contributed by atoms with Gasteiger partial charge in [0.1, 0.15) is 12.4 Å². The highest BCUT2D eigenvalue weighted by molar-refractivity contribution is 9.10. The van der Waals surface area contributed by atoms with Crippen LogP contribution in [0.3, 0.4) is 0 Å². The molecule has 0 aliphatic carbocycles. The quantitative estimate of drug-likeness (QED) is 0.874. The zero-order valence-electron chi connectivity index (χ0n) is 9.83. The molecule has 0 fully saturated rings. The molecule has 0 amide bonds. The first-order chi connectivity index (χ1) is 7.54. The Labute approximate surface area is 105 Å². The van der Waals surface area contributed by atoms with Crippen LogP contribution in [0.2, 0.25) is 0 Å². The molecule has 0 saturated heterocycles. The first-order valence-electron chi connectivity index (χ1n) is 5.32. The van der Waals surface area contributed by atoms with Crippen LogP contribution in [0.4, 0.5) is 0 Å². The lowest BCUT2D eigenvalue weighted by Crippen LogP contribution is -2.17. The number of hydrogen-bond donors (Lipinski definition) is 2. The van der Waals surface area contributed by atoms with Gasteiger partial charge in [0.15, 0.2) is 0 Å². The van der Waals surface area contributed by atoms with Crippen LogP contribution in [0.5, 0.6) is 5.75 Å². The molecule has 0 aliphatic heterocycles. The maximum absolute atomic E-state index is 9.21. The minimum Gasteiger partial charge on any atom is -0.491 e. The Kier molecular flexibility index (Phi) is 5.25. The van der Waals surface area contributed by atoms with Crippen LogP contribution < -0.4 is 10.1 Å². The van der Waals surface area contributed by atoms with E-state index in [0.29, 0.717) is 6.61 Å². The molecule has 0 saturated carbocycles. The first-order valence-corrected chi connectivity index (χ1v) is 6.11. The average Bonchev–Trinajstić information content (AvgIpc) is 2.26. The molecule has 1 aromatic rings. The van der Waals surface area contributed by atoms with Crippen LogP contribution >= 0.6 is 15.9 Å². The second-order valence-electron chi connectivity index (χ2n) is 3.85. The summed E-state index contributed by atoms with van der Waals surface area (Å²) in [6.45, 7) is 4.09. The number of aliphatic hydroxyl groups excluding tert-OH is 1. The lowest BCUT2D eigenvalue weighted by molar-refractivity contribution is 0.122. The summed E-state index contributed by atoms with van der Waals surface area (Å²) in [4.78, 5) is 0. The van der Waals surface area contributed by atoms with Crippen LogP contribution in [0, 0.1) is 0 Å². The Balaban J connectivity index is 2.89. The third-order valence-electron chi connectivity index (χ3n) is 2.35. The molecule has 0 aromatic heterocycles. The van der Waals surface area contributed by atoms with E-state index < -0.39 is 6.10 Å². The lowest BCUT2D eigenvalue weighted by atomic mass is 10.1. The molecule has 0 aliphatic rings. The third-order valence-corrected chi connectivity index (χ3v) is 2.84. The summed E-state index contributed by atoms with van der Waals surface area (Å²) in [7, 11) is 1.91. The molecule has 1 rings (SSSR count). The smallest absolute Gasteiger partial charge is 0.124 e. The number of benzene rings is 1. The maximum Gasteiger partial charge on any atom is 0.124 e. The molecule has 0 radical (unpaired) electrons. The number of halogens is 1. The van der Waals surface area contributed by atoms with Crippen molar-refractivity contribution in [1.29, 1.82) is 0 Å². The van der Waals surface area contributed by atoms with Crippen molar-refractivity contribution in [3.63, 3.8) is 0 Å². The van der Waals surface area contributed by atoms with E-state index >= 15 is 0 Å². The summed E-state index contributed by atoms with van der Waals surface area (Å²) in [5.74, 6) is 0.811. The normalized spacial score (nSPS) is 14.6. The Morgan fingerprint density at radius 3 is 2.69 bits per heavy atom. The molecule has 16 heavy (non-hydrogen) atoms. The van der Waals surface area contributed by atoms with Gasteiger partial charge in [0.25, 0.3) is 0 Å². The first kappa shape index (κ1) is 13.5. The Bertz CT molecular complexity index is 342. The molecule has 0 bridgehead atoms. The summed E-state index contributed by atoms with van der Waals surface area (Å²) in [6.07, 6.45) is -0.457. The van der Waals surface area contributed by atoms with Crippen molar-refractivity contribution >= 4 is 15.9 Å². The number of nitrogens with one attached hydrogen (secondary N) is 1. The van der Waals surface area contributed by atoms with Crippen molar-refractivity contribution in [1.82, 2.24) is 5.32 Å². The molecule has 4 heteroatoms. The fraction of sp³-hybridized carbons (Fsp3) is 0.500. The van der Waals surface area contributed by atoms with Crippen molar-refractivity contribution in [2.24, 2.45) is 0 Å². The monoisotopic (exact) mass is 287 g/mol. The van der Waals surface area contributed by atoms with Crippen molar-refractivity contribution < 1.29 is 9.84 Å². The minimum atomic E-state index is -0.457. The highest BCUT2D eigenvalue weighted by Crippen LogP contribution is 2.28. The highest BCUT2D eigenvalue weighted by Gasteiger charge is 2.11. The van der Waals surface area contributed by atoms with Gasteiger partial charge in [-0.1, -0.05) is 15.9 Å². The predicted molar refractivity (Wildman–Crippen MR) is 68.8 cm³/mol. The molecule has 1 aromatic carbocycles. The minimum absolute atomic E-state index is 0.210. The van der Waals surface area contributed by atoms with Gasteiger partial charge < -0.3 is 15.2 Å². The molecule has 2 unspecified atom stereocenters. The van der Waals surface area contributed by atoms with Crippen LogP contribution in [0.1, 0.15) is 25.5 Å². The summed E-state index contributed by atoms with van der Waals surface area (Å²) in [5.41, 5.74) is 1.08. The van der Waals surface area contributed by atoms with E-state index in [1.165, 1.54) is 0 Å². The van der Waals surface area contributed by atoms with E-state index in [4.69, 9.17) is 4.74 Å². The fourth-order valence-corrected chi connectivity index (χ4v) is 1.73.